The number of nitrogens with zero attached hydrogens (tertiary/aromatic N) is 3. The van der Waals surface area contributed by atoms with Gasteiger partial charge < -0.3 is 4.90 Å². The van der Waals surface area contributed by atoms with E-state index in [1.54, 1.807) is 33.8 Å². The van der Waals surface area contributed by atoms with Gasteiger partial charge in [-0.25, -0.2) is 13.4 Å². The van der Waals surface area contributed by atoms with Crippen molar-refractivity contribution in [2.24, 2.45) is 0 Å². The summed E-state index contributed by atoms with van der Waals surface area (Å²) in [6.07, 6.45) is 0.813. The molecule has 1 fully saturated rings. The van der Waals surface area contributed by atoms with Crippen LogP contribution in [0.25, 0.3) is 0 Å². The molecule has 2 heterocycles. The first-order valence-electron chi connectivity index (χ1n) is 9.43. The van der Waals surface area contributed by atoms with Crippen molar-refractivity contribution in [2.45, 2.75) is 18.2 Å². The monoisotopic (exact) mass is 491 g/mol. The number of sulfonamides is 1. The summed E-state index contributed by atoms with van der Waals surface area (Å²) in [6.45, 7) is 4.27. The van der Waals surface area contributed by atoms with Crippen LogP contribution >= 0.6 is 27.3 Å². The zero-order valence-corrected chi connectivity index (χ0v) is 19.3. The van der Waals surface area contributed by atoms with Crippen molar-refractivity contribution in [3.8, 4) is 0 Å². The minimum absolute atomic E-state index is 0.322. The molecular formula is C21H22BrN3O2S2. The normalized spacial score (nSPS) is 15.6. The molecule has 5 nitrogen and oxygen atoms in total. The number of benzene rings is 2. The van der Waals surface area contributed by atoms with E-state index in [0.717, 1.165) is 17.2 Å². The van der Waals surface area contributed by atoms with E-state index >= 15 is 0 Å². The van der Waals surface area contributed by atoms with Gasteiger partial charge >= 0.3 is 0 Å². The number of hydrogen-bond donors (Lipinski definition) is 0. The van der Waals surface area contributed by atoms with Gasteiger partial charge in [-0.1, -0.05) is 42.0 Å². The highest BCUT2D eigenvalue weighted by atomic mass is 79.9. The van der Waals surface area contributed by atoms with Crippen molar-refractivity contribution in [1.82, 2.24) is 9.29 Å². The first kappa shape index (κ1) is 20.5. The van der Waals surface area contributed by atoms with Crippen LogP contribution in [0.3, 0.4) is 0 Å². The van der Waals surface area contributed by atoms with Crippen LogP contribution in [0.2, 0.25) is 0 Å². The van der Waals surface area contributed by atoms with Gasteiger partial charge in [0, 0.05) is 42.5 Å². The van der Waals surface area contributed by atoms with E-state index in [2.05, 4.69) is 57.4 Å². The Balaban J connectivity index is 1.40. The number of piperazine rings is 1. The van der Waals surface area contributed by atoms with Crippen molar-refractivity contribution in [2.75, 3.05) is 31.1 Å². The van der Waals surface area contributed by atoms with Crippen LogP contribution in [0.5, 0.6) is 0 Å². The van der Waals surface area contributed by atoms with E-state index in [-0.39, 0.29) is 0 Å². The quantitative estimate of drug-likeness (QED) is 0.533. The molecule has 0 spiro atoms. The molecule has 8 heteroatoms. The fraction of sp³-hybridized carbons (Fsp3) is 0.286. The van der Waals surface area contributed by atoms with E-state index in [9.17, 15) is 8.42 Å². The molecule has 0 unspecified atom stereocenters. The molecule has 0 amide bonds. The lowest BCUT2D eigenvalue weighted by Crippen LogP contribution is -2.48. The average molecular weight is 492 g/mol. The molecule has 1 saturated heterocycles. The number of thiazole rings is 1. The molecule has 0 N–H and O–H groups in total. The third kappa shape index (κ3) is 4.55. The fourth-order valence-corrected chi connectivity index (χ4v) is 6.62. The summed E-state index contributed by atoms with van der Waals surface area (Å²) in [6, 6.07) is 15.5. The largest absolute Gasteiger partial charge is 0.345 e. The van der Waals surface area contributed by atoms with Crippen molar-refractivity contribution >= 4 is 42.4 Å². The van der Waals surface area contributed by atoms with Gasteiger partial charge in [-0.3, -0.25) is 0 Å². The van der Waals surface area contributed by atoms with Crippen molar-refractivity contribution < 1.29 is 8.42 Å². The van der Waals surface area contributed by atoms with Crippen LogP contribution in [0, 0.1) is 6.92 Å². The van der Waals surface area contributed by atoms with Gasteiger partial charge in [0.2, 0.25) is 10.0 Å². The zero-order chi connectivity index (χ0) is 20.4. The molecule has 29 heavy (non-hydrogen) atoms. The lowest BCUT2D eigenvalue weighted by Gasteiger charge is -2.34. The minimum atomic E-state index is -3.49. The van der Waals surface area contributed by atoms with Crippen LogP contribution in [0.4, 0.5) is 5.13 Å². The Morgan fingerprint density at radius 2 is 1.72 bits per heavy atom. The summed E-state index contributed by atoms with van der Waals surface area (Å²) in [4.78, 5) is 7.28. The van der Waals surface area contributed by atoms with Crippen LogP contribution in [0.15, 0.2) is 63.3 Å². The summed E-state index contributed by atoms with van der Waals surface area (Å²) < 4.78 is 28.1. The summed E-state index contributed by atoms with van der Waals surface area (Å²) in [5.41, 5.74) is 3.55. The highest BCUT2D eigenvalue weighted by molar-refractivity contribution is 9.10. The number of rotatable bonds is 5. The Labute approximate surface area is 184 Å². The second-order valence-corrected chi connectivity index (χ2v) is 10.7. The molecule has 0 atom stereocenters. The van der Waals surface area contributed by atoms with Crippen LogP contribution in [0.1, 0.15) is 16.8 Å². The molecule has 3 aromatic rings. The molecular weight excluding hydrogens is 470 g/mol. The van der Waals surface area contributed by atoms with Crippen LogP contribution < -0.4 is 4.90 Å². The molecule has 0 aliphatic carbocycles. The summed E-state index contributed by atoms with van der Waals surface area (Å²) in [5.74, 6) is 0. The van der Waals surface area contributed by atoms with Gasteiger partial charge in [-0.05, 0) is 40.5 Å². The molecule has 1 aliphatic rings. The van der Waals surface area contributed by atoms with E-state index in [1.807, 2.05) is 6.07 Å². The molecule has 152 valence electrons. The van der Waals surface area contributed by atoms with Crippen molar-refractivity contribution in [3.05, 3.63) is 75.2 Å². The summed E-state index contributed by atoms with van der Waals surface area (Å²) in [5, 5.41) is 3.06. The highest BCUT2D eigenvalue weighted by Crippen LogP contribution is 2.28. The summed E-state index contributed by atoms with van der Waals surface area (Å²) >= 11 is 4.98. The molecule has 4 rings (SSSR count). The Hall–Kier alpha value is -1.74. The van der Waals surface area contributed by atoms with E-state index < -0.39 is 10.0 Å². The second-order valence-electron chi connectivity index (χ2n) is 7.11. The number of anilines is 1. The lowest BCUT2D eigenvalue weighted by molar-refractivity contribution is 0.384. The highest BCUT2D eigenvalue weighted by Gasteiger charge is 2.30. The maximum Gasteiger partial charge on any atom is 0.244 e. The average Bonchev–Trinajstić information content (AvgIpc) is 3.18. The molecule has 2 aromatic carbocycles. The predicted octanol–water partition coefficient (Wildman–Crippen LogP) is 4.32. The Morgan fingerprint density at radius 3 is 2.41 bits per heavy atom. The maximum absolute atomic E-state index is 12.9. The molecule has 0 radical (unpaired) electrons. The molecule has 0 saturated carbocycles. The third-order valence-corrected chi connectivity index (χ3v) is 8.87. The Kier molecular flexibility index (Phi) is 6.06. The fourth-order valence-electron chi connectivity index (χ4n) is 3.35. The van der Waals surface area contributed by atoms with Gasteiger partial charge in [0.05, 0.1) is 10.6 Å². The lowest BCUT2D eigenvalue weighted by atomic mass is 10.1. The van der Waals surface area contributed by atoms with Gasteiger partial charge in [0.1, 0.15) is 0 Å². The van der Waals surface area contributed by atoms with Gasteiger partial charge in [-0.15, -0.1) is 11.3 Å². The van der Waals surface area contributed by atoms with Crippen molar-refractivity contribution in [3.63, 3.8) is 0 Å². The first-order chi connectivity index (χ1) is 13.9. The number of aromatic nitrogens is 1. The zero-order valence-electron chi connectivity index (χ0n) is 16.1. The molecule has 1 aromatic heterocycles. The predicted molar refractivity (Wildman–Crippen MR) is 121 cm³/mol. The van der Waals surface area contributed by atoms with E-state index in [1.165, 1.54) is 11.1 Å². The van der Waals surface area contributed by atoms with Gasteiger partial charge in [0.15, 0.2) is 5.13 Å². The van der Waals surface area contributed by atoms with E-state index in [4.69, 9.17) is 4.98 Å². The second kappa shape index (κ2) is 8.55. The smallest absolute Gasteiger partial charge is 0.244 e. The first-order valence-corrected chi connectivity index (χ1v) is 12.5. The SMILES string of the molecule is Cc1ccc(Cc2csc(N3CCN(S(=O)(=O)c4ccccc4Br)CC3)n2)cc1. The number of hydrogen-bond acceptors (Lipinski definition) is 5. The van der Waals surface area contributed by atoms with Crippen LogP contribution in [-0.4, -0.2) is 43.9 Å². The third-order valence-electron chi connectivity index (χ3n) is 5.01. The van der Waals surface area contributed by atoms with Gasteiger partial charge in [0.25, 0.3) is 0 Å². The maximum atomic E-state index is 12.9. The summed E-state index contributed by atoms with van der Waals surface area (Å²) in [7, 11) is -3.49. The van der Waals surface area contributed by atoms with Crippen LogP contribution in [-0.2, 0) is 16.4 Å². The standard InChI is InChI=1S/C21H22BrN3O2S2/c1-16-6-8-17(9-7-16)14-18-15-28-21(23-18)24-10-12-25(13-11-24)29(26,27)20-5-3-2-4-19(20)22/h2-9,15H,10-14H2,1H3. The Bertz CT molecular complexity index is 1090. The van der Waals surface area contributed by atoms with Crippen molar-refractivity contribution in [1.29, 1.82) is 0 Å². The Morgan fingerprint density at radius 1 is 1.03 bits per heavy atom. The molecule has 1 aliphatic heterocycles. The van der Waals surface area contributed by atoms with E-state index in [0.29, 0.717) is 35.5 Å². The van der Waals surface area contributed by atoms with Gasteiger partial charge in [-0.2, -0.15) is 4.31 Å². The minimum Gasteiger partial charge on any atom is -0.345 e. The number of aryl methyl sites for hydroxylation is 1. The molecule has 0 bridgehead atoms. The number of halogens is 1. The topological polar surface area (TPSA) is 53.5 Å².